The van der Waals surface area contributed by atoms with E-state index in [9.17, 15) is 9.59 Å². The van der Waals surface area contributed by atoms with Gasteiger partial charge >= 0.3 is 0 Å². The van der Waals surface area contributed by atoms with Crippen molar-refractivity contribution < 1.29 is 9.59 Å². The van der Waals surface area contributed by atoms with Crippen molar-refractivity contribution in [1.82, 2.24) is 0 Å². The van der Waals surface area contributed by atoms with Crippen LogP contribution in [0.3, 0.4) is 0 Å². The molecule has 0 N–H and O–H groups in total. The van der Waals surface area contributed by atoms with Gasteiger partial charge in [-0.2, -0.15) is 0 Å². The summed E-state index contributed by atoms with van der Waals surface area (Å²) in [6.07, 6.45) is 0.677. The van der Waals surface area contributed by atoms with Crippen LogP contribution in [0.2, 0.25) is 0 Å². The van der Waals surface area contributed by atoms with Crippen LogP contribution in [0.5, 0.6) is 0 Å². The Hall–Kier alpha value is -0.960. The zero-order chi connectivity index (χ0) is 11.5. The Kier molecular flexibility index (Phi) is 3.80. The number of hydrogen-bond acceptors (Lipinski definition) is 3. The van der Waals surface area contributed by atoms with Gasteiger partial charge in [0, 0.05) is 18.3 Å². The summed E-state index contributed by atoms with van der Waals surface area (Å²) in [6.45, 7) is 5.64. The number of Topliss-reactive ketones (excluding diaryl/α,β-unsaturated/α-hetero) is 2. The second-order valence-electron chi connectivity index (χ2n) is 4.57. The number of carbonyl (C=O) groups is 2. The number of carbonyl (C=O) groups excluding carboxylic acids is 2. The second kappa shape index (κ2) is 4.71. The fourth-order valence-corrected chi connectivity index (χ4v) is 1.86. The Morgan fingerprint density at radius 2 is 1.93 bits per heavy atom. The van der Waals surface area contributed by atoms with Crippen LogP contribution in [0.4, 0.5) is 0 Å². The second-order valence-corrected chi connectivity index (χ2v) is 5.52. The quantitative estimate of drug-likeness (QED) is 0.735. The molecule has 1 rings (SSSR count). The van der Waals surface area contributed by atoms with Gasteiger partial charge in [0.05, 0.1) is 4.88 Å². The van der Waals surface area contributed by atoms with Gasteiger partial charge in [0.15, 0.2) is 5.78 Å². The Morgan fingerprint density at radius 1 is 1.27 bits per heavy atom. The lowest BCUT2D eigenvalue weighted by molar-refractivity contribution is -0.126. The van der Waals surface area contributed by atoms with Crippen LogP contribution in [0.25, 0.3) is 0 Å². The molecule has 1 aromatic heterocycles. The minimum atomic E-state index is -0.338. The molecule has 0 spiro atoms. The first kappa shape index (κ1) is 12.1. The average Bonchev–Trinajstić information content (AvgIpc) is 2.64. The molecule has 0 saturated carbocycles. The van der Waals surface area contributed by atoms with Gasteiger partial charge in [-0.05, 0) is 11.4 Å². The molecule has 15 heavy (non-hydrogen) atoms. The molecule has 0 unspecified atom stereocenters. The first-order valence-electron chi connectivity index (χ1n) is 5.01. The Balaban J connectivity index is 2.45. The molecule has 0 aromatic carbocycles. The van der Waals surface area contributed by atoms with Gasteiger partial charge in [-0.3, -0.25) is 9.59 Å². The monoisotopic (exact) mass is 224 g/mol. The van der Waals surface area contributed by atoms with Gasteiger partial charge < -0.3 is 0 Å². The van der Waals surface area contributed by atoms with Crippen molar-refractivity contribution in [2.24, 2.45) is 5.41 Å². The van der Waals surface area contributed by atoms with E-state index in [-0.39, 0.29) is 17.0 Å². The predicted octanol–water partition coefficient (Wildman–Crippen LogP) is 3.33. The minimum Gasteiger partial charge on any atom is -0.299 e. The highest BCUT2D eigenvalue weighted by molar-refractivity contribution is 7.12. The number of rotatable bonds is 4. The van der Waals surface area contributed by atoms with E-state index in [2.05, 4.69) is 0 Å². The van der Waals surface area contributed by atoms with Crippen LogP contribution in [-0.2, 0) is 4.79 Å². The summed E-state index contributed by atoms with van der Waals surface area (Å²) in [6, 6.07) is 3.65. The summed E-state index contributed by atoms with van der Waals surface area (Å²) in [7, 11) is 0. The molecule has 0 radical (unpaired) electrons. The number of hydrogen-bond donors (Lipinski definition) is 0. The van der Waals surface area contributed by atoms with E-state index < -0.39 is 0 Å². The fraction of sp³-hybridized carbons (Fsp3) is 0.500. The molecular formula is C12H16O2S. The molecule has 3 heteroatoms. The third kappa shape index (κ3) is 3.59. The highest BCUT2D eigenvalue weighted by Gasteiger charge is 2.21. The van der Waals surface area contributed by atoms with Crippen LogP contribution in [0.15, 0.2) is 17.5 Å². The van der Waals surface area contributed by atoms with Crippen molar-refractivity contribution in [1.29, 1.82) is 0 Å². The van der Waals surface area contributed by atoms with Crippen molar-refractivity contribution in [3.8, 4) is 0 Å². The van der Waals surface area contributed by atoms with E-state index in [4.69, 9.17) is 0 Å². The van der Waals surface area contributed by atoms with Gasteiger partial charge in [0.2, 0.25) is 0 Å². The van der Waals surface area contributed by atoms with E-state index in [1.54, 1.807) is 6.07 Å². The maximum atomic E-state index is 11.6. The van der Waals surface area contributed by atoms with Crippen LogP contribution in [-0.4, -0.2) is 11.6 Å². The van der Waals surface area contributed by atoms with Crippen molar-refractivity contribution in [2.45, 2.75) is 33.6 Å². The SMILES string of the molecule is CC(C)(C)C(=O)CCC(=O)c1cccs1. The fourth-order valence-electron chi connectivity index (χ4n) is 1.16. The molecule has 1 aromatic rings. The lowest BCUT2D eigenvalue weighted by Gasteiger charge is -2.15. The highest BCUT2D eigenvalue weighted by Crippen LogP contribution is 2.19. The maximum absolute atomic E-state index is 11.6. The van der Waals surface area contributed by atoms with Gasteiger partial charge in [0.25, 0.3) is 0 Å². The smallest absolute Gasteiger partial charge is 0.173 e. The lowest BCUT2D eigenvalue weighted by atomic mass is 9.88. The van der Waals surface area contributed by atoms with E-state index >= 15 is 0 Å². The molecule has 0 fully saturated rings. The lowest BCUT2D eigenvalue weighted by Crippen LogP contribution is -2.20. The Morgan fingerprint density at radius 3 is 2.40 bits per heavy atom. The topological polar surface area (TPSA) is 34.1 Å². The molecule has 82 valence electrons. The van der Waals surface area contributed by atoms with Gasteiger partial charge in [-0.1, -0.05) is 26.8 Å². The molecule has 0 saturated heterocycles. The average molecular weight is 224 g/mol. The molecule has 1 heterocycles. The third-order valence-electron chi connectivity index (χ3n) is 2.21. The zero-order valence-electron chi connectivity index (χ0n) is 9.37. The molecule has 0 aliphatic carbocycles. The molecule has 0 bridgehead atoms. The zero-order valence-corrected chi connectivity index (χ0v) is 10.2. The van der Waals surface area contributed by atoms with Crippen molar-refractivity contribution in [3.05, 3.63) is 22.4 Å². The maximum Gasteiger partial charge on any atom is 0.173 e. The highest BCUT2D eigenvalue weighted by atomic mass is 32.1. The van der Waals surface area contributed by atoms with Gasteiger partial charge in [-0.15, -0.1) is 11.3 Å². The summed E-state index contributed by atoms with van der Waals surface area (Å²) in [5.41, 5.74) is -0.338. The molecule has 0 amide bonds. The summed E-state index contributed by atoms with van der Waals surface area (Å²) < 4.78 is 0. The Labute approximate surface area is 94.3 Å². The van der Waals surface area contributed by atoms with Crippen LogP contribution >= 0.6 is 11.3 Å². The van der Waals surface area contributed by atoms with Crippen molar-refractivity contribution in [2.75, 3.05) is 0 Å². The first-order chi connectivity index (χ1) is 6.91. The molecule has 0 atom stereocenters. The molecule has 0 aliphatic rings. The van der Waals surface area contributed by atoms with E-state index in [0.29, 0.717) is 12.8 Å². The summed E-state index contributed by atoms with van der Waals surface area (Å²) in [5.74, 6) is 0.218. The van der Waals surface area contributed by atoms with E-state index in [0.717, 1.165) is 4.88 Å². The van der Waals surface area contributed by atoms with E-state index in [1.165, 1.54) is 11.3 Å². The van der Waals surface area contributed by atoms with Crippen LogP contribution in [0, 0.1) is 5.41 Å². The van der Waals surface area contributed by atoms with Crippen molar-refractivity contribution in [3.63, 3.8) is 0 Å². The predicted molar refractivity (Wildman–Crippen MR) is 62.3 cm³/mol. The van der Waals surface area contributed by atoms with E-state index in [1.807, 2.05) is 32.2 Å². The largest absolute Gasteiger partial charge is 0.299 e. The summed E-state index contributed by atoms with van der Waals surface area (Å²) in [4.78, 5) is 23.9. The van der Waals surface area contributed by atoms with Gasteiger partial charge in [-0.25, -0.2) is 0 Å². The molecule has 2 nitrogen and oxygen atoms in total. The van der Waals surface area contributed by atoms with Crippen LogP contribution in [0.1, 0.15) is 43.3 Å². The first-order valence-corrected chi connectivity index (χ1v) is 5.89. The normalized spacial score (nSPS) is 11.4. The summed E-state index contributed by atoms with van der Waals surface area (Å²) in [5, 5.41) is 1.87. The molecular weight excluding hydrogens is 208 g/mol. The number of thiophene rings is 1. The number of ketones is 2. The minimum absolute atomic E-state index is 0.0719. The molecule has 0 aliphatic heterocycles. The van der Waals surface area contributed by atoms with Crippen LogP contribution < -0.4 is 0 Å². The summed E-state index contributed by atoms with van der Waals surface area (Å²) >= 11 is 1.43. The van der Waals surface area contributed by atoms with Crippen molar-refractivity contribution >= 4 is 22.9 Å². The standard InChI is InChI=1S/C12H16O2S/c1-12(2,3)11(14)7-6-9(13)10-5-4-8-15-10/h4-5,8H,6-7H2,1-3H3. The third-order valence-corrected chi connectivity index (χ3v) is 3.12. The van der Waals surface area contributed by atoms with Gasteiger partial charge in [0.1, 0.15) is 5.78 Å². The Bertz CT molecular complexity index is 344.